The fraction of sp³-hybridized carbons (Fsp3) is 0.667. The fourth-order valence-corrected chi connectivity index (χ4v) is 2.90. The van der Waals surface area contributed by atoms with E-state index < -0.39 is 0 Å². The van der Waals surface area contributed by atoms with Crippen molar-refractivity contribution < 1.29 is 0 Å². The largest absolute Gasteiger partial charge is 0.384 e. The Kier molecular flexibility index (Phi) is 6.38. The van der Waals surface area contributed by atoms with Gasteiger partial charge < -0.3 is 10.2 Å². The molecular formula is C18H30N2. The molecule has 0 unspecified atom stereocenters. The zero-order chi connectivity index (χ0) is 14.2. The zero-order valence-electron chi connectivity index (χ0n) is 13.3. The third kappa shape index (κ3) is 4.52. The van der Waals surface area contributed by atoms with E-state index in [0.29, 0.717) is 0 Å². The molecule has 2 rings (SSSR count). The van der Waals surface area contributed by atoms with Crippen LogP contribution in [0.4, 0.5) is 5.69 Å². The maximum atomic E-state index is 3.44. The lowest BCUT2D eigenvalue weighted by Crippen LogP contribution is -2.28. The Bertz CT molecular complexity index is 392. The van der Waals surface area contributed by atoms with Gasteiger partial charge in [-0.2, -0.15) is 0 Å². The highest BCUT2D eigenvalue weighted by Crippen LogP contribution is 2.23. The lowest BCUT2D eigenvalue weighted by atomic mass is 10.1. The average Bonchev–Trinajstić information content (AvgIpc) is 2.94. The first-order chi connectivity index (χ1) is 9.83. The quantitative estimate of drug-likeness (QED) is 0.729. The van der Waals surface area contributed by atoms with E-state index in [4.69, 9.17) is 0 Å². The molecule has 20 heavy (non-hydrogen) atoms. The van der Waals surface area contributed by atoms with Crippen molar-refractivity contribution in [2.75, 3.05) is 31.5 Å². The molecule has 0 saturated carbocycles. The van der Waals surface area contributed by atoms with E-state index >= 15 is 0 Å². The van der Waals surface area contributed by atoms with Crippen molar-refractivity contribution in [2.24, 2.45) is 0 Å². The van der Waals surface area contributed by atoms with Crippen LogP contribution in [0.3, 0.4) is 0 Å². The van der Waals surface area contributed by atoms with Gasteiger partial charge in [0.1, 0.15) is 0 Å². The van der Waals surface area contributed by atoms with Gasteiger partial charge in [0.25, 0.3) is 0 Å². The maximum Gasteiger partial charge on any atom is 0.0373 e. The summed E-state index contributed by atoms with van der Waals surface area (Å²) in [5.74, 6) is 0. The van der Waals surface area contributed by atoms with Crippen LogP contribution in [0.25, 0.3) is 0 Å². The smallest absolute Gasteiger partial charge is 0.0373 e. The van der Waals surface area contributed by atoms with Crippen LogP contribution in [0, 0.1) is 0 Å². The van der Waals surface area contributed by atoms with Gasteiger partial charge in [0.2, 0.25) is 0 Å². The SMILES string of the molecule is CCCCN(CCCC)CCc1ccc2c(c1)CCN2. The third-order valence-corrected chi connectivity index (χ3v) is 4.25. The summed E-state index contributed by atoms with van der Waals surface area (Å²) in [6, 6.07) is 6.97. The van der Waals surface area contributed by atoms with Crippen molar-refractivity contribution >= 4 is 5.69 Å². The molecule has 0 fully saturated rings. The number of anilines is 1. The second-order valence-corrected chi connectivity index (χ2v) is 5.97. The molecule has 0 saturated heterocycles. The summed E-state index contributed by atoms with van der Waals surface area (Å²) in [4.78, 5) is 2.65. The highest BCUT2D eigenvalue weighted by molar-refractivity contribution is 5.56. The Hall–Kier alpha value is -1.02. The van der Waals surface area contributed by atoms with Gasteiger partial charge in [0.15, 0.2) is 0 Å². The highest BCUT2D eigenvalue weighted by atomic mass is 15.1. The van der Waals surface area contributed by atoms with Gasteiger partial charge in [-0.25, -0.2) is 0 Å². The van der Waals surface area contributed by atoms with Crippen molar-refractivity contribution in [3.63, 3.8) is 0 Å². The van der Waals surface area contributed by atoms with E-state index in [2.05, 4.69) is 42.3 Å². The van der Waals surface area contributed by atoms with Crippen molar-refractivity contribution in [3.8, 4) is 0 Å². The average molecular weight is 274 g/mol. The van der Waals surface area contributed by atoms with E-state index in [-0.39, 0.29) is 0 Å². The summed E-state index contributed by atoms with van der Waals surface area (Å²) in [5, 5.41) is 3.44. The number of hydrogen-bond donors (Lipinski definition) is 1. The molecule has 0 bridgehead atoms. The summed E-state index contributed by atoms with van der Waals surface area (Å²) in [5.41, 5.74) is 4.36. The molecule has 0 spiro atoms. The number of rotatable bonds is 9. The summed E-state index contributed by atoms with van der Waals surface area (Å²) >= 11 is 0. The molecule has 2 nitrogen and oxygen atoms in total. The van der Waals surface area contributed by atoms with Crippen molar-refractivity contribution in [1.29, 1.82) is 0 Å². The molecular weight excluding hydrogens is 244 g/mol. The summed E-state index contributed by atoms with van der Waals surface area (Å²) in [7, 11) is 0. The van der Waals surface area contributed by atoms with Crippen LogP contribution in [0.1, 0.15) is 50.7 Å². The van der Waals surface area contributed by atoms with Gasteiger partial charge in [-0.05, 0) is 56.0 Å². The van der Waals surface area contributed by atoms with Crippen LogP contribution in [0.2, 0.25) is 0 Å². The molecule has 1 aromatic rings. The van der Waals surface area contributed by atoms with E-state index in [1.807, 2.05) is 0 Å². The zero-order valence-corrected chi connectivity index (χ0v) is 13.3. The first kappa shape index (κ1) is 15.4. The minimum Gasteiger partial charge on any atom is -0.384 e. The van der Waals surface area contributed by atoms with Gasteiger partial charge in [0.05, 0.1) is 0 Å². The minimum absolute atomic E-state index is 1.11. The van der Waals surface area contributed by atoms with Crippen LogP contribution in [-0.2, 0) is 12.8 Å². The van der Waals surface area contributed by atoms with Crippen molar-refractivity contribution in [2.45, 2.75) is 52.4 Å². The molecule has 1 N–H and O–H groups in total. The molecule has 1 aliphatic heterocycles. The van der Waals surface area contributed by atoms with Crippen LogP contribution >= 0.6 is 0 Å². The normalized spacial score (nSPS) is 13.6. The Morgan fingerprint density at radius 2 is 1.80 bits per heavy atom. The topological polar surface area (TPSA) is 15.3 Å². The minimum atomic E-state index is 1.11. The fourth-order valence-electron chi connectivity index (χ4n) is 2.90. The van der Waals surface area contributed by atoms with Crippen LogP contribution < -0.4 is 5.32 Å². The second kappa shape index (κ2) is 8.31. The predicted molar refractivity (Wildman–Crippen MR) is 88.6 cm³/mol. The Morgan fingerprint density at radius 3 is 2.50 bits per heavy atom. The summed E-state index contributed by atoms with van der Waals surface area (Å²) < 4.78 is 0. The molecule has 1 aliphatic rings. The molecule has 2 heteroatoms. The lowest BCUT2D eigenvalue weighted by Gasteiger charge is -2.22. The van der Waals surface area contributed by atoms with Gasteiger partial charge in [-0.1, -0.05) is 38.8 Å². The first-order valence-electron chi connectivity index (χ1n) is 8.41. The van der Waals surface area contributed by atoms with Gasteiger partial charge in [-0.15, -0.1) is 0 Å². The van der Waals surface area contributed by atoms with Gasteiger partial charge in [0, 0.05) is 18.8 Å². The monoisotopic (exact) mass is 274 g/mol. The molecule has 0 atom stereocenters. The molecule has 1 aromatic carbocycles. The molecule has 112 valence electrons. The summed E-state index contributed by atoms with van der Waals surface area (Å²) in [6.45, 7) is 9.42. The van der Waals surface area contributed by atoms with Crippen LogP contribution in [-0.4, -0.2) is 31.1 Å². The standard InChI is InChI=1S/C18H30N2/c1-3-5-12-20(13-6-4-2)14-10-16-7-8-18-17(15-16)9-11-19-18/h7-8,15,19H,3-6,9-14H2,1-2H3. The van der Waals surface area contributed by atoms with E-state index in [0.717, 1.165) is 6.54 Å². The number of unbranched alkanes of at least 4 members (excludes halogenated alkanes) is 2. The first-order valence-corrected chi connectivity index (χ1v) is 8.41. The van der Waals surface area contributed by atoms with Crippen molar-refractivity contribution in [1.82, 2.24) is 4.90 Å². The van der Waals surface area contributed by atoms with Crippen LogP contribution in [0.15, 0.2) is 18.2 Å². The lowest BCUT2D eigenvalue weighted by molar-refractivity contribution is 0.268. The molecule has 0 amide bonds. The highest BCUT2D eigenvalue weighted by Gasteiger charge is 2.10. The molecule has 1 heterocycles. The number of fused-ring (bicyclic) bond motifs is 1. The van der Waals surface area contributed by atoms with E-state index in [1.54, 1.807) is 0 Å². The van der Waals surface area contributed by atoms with Gasteiger partial charge >= 0.3 is 0 Å². The molecule has 0 radical (unpaired) electrons. The number of nitrogens with one attached hydrogen (secondary N) is 1. The Labute approximate surface area is 124 Å². The van der Waals surface area contributed by atoms with Crippen LogP contribution in [0.5, 0.6) is 0 Å². The number of benzene rings is 1. The summed E-state index contributed by atoms with van der Waals surface area (Å²) in [6.07, 6.45) is 7.65. The molecule has 0 aromatic heterocycles. The Balaban J connectivity index is 1.84. The number of hydrogen-bond acceptors (Lipinski definition) is 2. The molecule has 0 aliphatic carbocycles. The number of nitrogens with zero attached hydrogens (tertiary/aromatic N) is 1. The maximum absolute atomic E-state index is 3.44. The third-order valence-electron chi connectivity index (χ3n) is 4.25. The Morgan fingerprint density at radius 1 is 1.05 bits per heavy atom. The second-order valence-electron chi connectivity index (χ2n) is 5.97. The van der Waals surface area contributed by atoms with E-state index in [1.165, 1.54) is 75.0 Å². The van der Waals surface area contributed by atoms with E-state index in [9.17, 15) is 0 Å². The van der Waals surface area contributed by atoms with Crippen molar-refractivity contribution in [3.05, 3.63) is 29.3 Å². The predicted octanol–water partition coefficient (Wildman–Crippen LogP) is 4.10. The van der Waals surface area contributed by atoms with Gasteiger partial charge in [-0.3, -0.25) is 0 Å².